The molecular formula is C9H10O2. The van der Waals surface area contributed by atoms with Crippen molar-refractivity contribution >= 4 is 11.6 Å². The molecule has 2 atom stereocenters. The van der Waals surface area contributed by atoms with Crippen LogP contribution in [0.15, 0.2) is 12.2 Å². The fourth-order valence-electron chi connectivity index (χ4n) is 1.97. The van der Waals surface area contributed by atoms with E-state index in [9.17, 15) is 9.59 Å². The van der Waals surface area contributed by atoms with Crippen LogP contribution >= 0.6 is 0 Å². The summed E-state index contributed by atoms with van der Waals surface area (Å²) >= 11 is 0. The van der Waals surface area contributed by atoms with Crippen LogP contribution in [0.4, 0.5) is 0 Å². The minimum atomic E-state index is 0.0766. The van der Waals surface area contributed by atoms with Gasteiger partial charge in [0.15, 0.2) is 5.78 Å². The summed E-state index contributed by atoms with van der Waals surface area (Å²) in [6.45, 7) is 0. The third kappa shape index (κ3) is 1.02. The number of ketones is 2. The van der Waals surface area contributed by atoms with Crippen molar-refractivity contribution in [3.05, 3.63) is 12.2 Å². The molecule has 11 heavy (non-hydrogen) atoms. The molecule has 1 saturated carbocycles. The molecule has 0 amide bonds. The molecule has 0 aromatic carbocycles. The molecule has 0 aliphatic heterocycles. The zero-order valence-corrected chi connectivity index (χ0v) is 6.25. The fraction of sp³-hybridized carbons (Fsp3) is 0.556. The predicted octanol–water partition coefficient (Wildman–Crippen LogP) is 1.11. The first-order chi connectivity index (χ1) is 5.27. The summed E-state index contributed by atoms with van der Waals surface area (Å²) in [5.41, 5.74) is 0. The lowest BCUT2D eigenvalue weighted by Crippen LogP contribution is -2.19. The van der Waals surface area contributed by atoms with Crippen LogP contribution in [0.2, 0.25) is 0 Å². The SMILES string of the molecule is O=C1C=CC2C(=O)CCC2C1. The zero-order chi connectivity index (χ0) is 7.84. The van der Waals surface area contributed by atoms with Gasteiger partial charge in [0.2, 0.25) is 0 Å². The molecule has 58 valence electrons. The number of hydrogen-bond donors (Lipinski definition) is 0. The van der Waals surface area contributed by atoms with Gasteiger partial charge in [0.05, 0.1) is 0 Å². The number of allylic oxidation sites excluding steroid dienone is 2. The summed E-state index contributed by atoms with van der Waals surface area (Å²) < 4.78 is 0. The molecule has 0 spiro atoms. The summed E-state index contributed by atoms with van der Waals surface area (Å²) in [5.74, 6) is 0.910. The lowest BCUT2D eigenvalue weighted by atomic mass is 9.86. The van der Waals surface area contributed by atoms with E-state index in [1.54, 1.807) is 12.2 Å². The van der Waals surface area contributed by atoms with Gasteiger partial charge in [-0.15, -0.1) is 0 Å². The molecule has 0 aromatic rings. The maximum Gasteiger partial charge on any atom is 0.155 e. The smallest absolute Gasteiger partial charge is 0.155 e. The molecule has 0 radical (unpaired) electrons. The van der Waals surface area contributed by atoms with E-state index in [2.05, 4.69) is 0 Å². The lowest BCUT2D eigenvalue weighted by Gasteiger charge is -2.16. The monoisotopic (exact) mass is 150 g/mol. The largest absolute Gasteiger partial charge is 0.299 e. The summed E-state index contributed by atoms with van der Waals surface area (Å²) in [6.07, 6.45) is 5.52. The second-order valence-electron chi connectivity index (χ2n) is 3.32. The van der Waals surface area contributed by atoms with Crippen LogP contribution in [-0.4, -0.2) is 11.6 Å². The van der Waals surface area contributed by atoms with E-state index in [1.165, 1.54) is 0 Å². The van der Waals surface area contributed by atoms with Gasteiger partial charge in [-0.3, -0.25) is 9.59 Å². The highest BCUT2D eigenvalue weighted by Crippen LogP contribution is 2.34. The minimum Gasteiger partial charge on any atom is -0.299 e. The normalized spacial score (nSPS) is 36.0. The Morgan fingerprint density at radius 1 is 1.36 bits per heavy atom. The minimum absolute atomic E-state index is 0.0766. The topological polar surface area (TPSA) is 34.1 Å². The van der Waals surface area contributed by atoms with Gasteiger partial charge in [-0.05, 0) is 18.4 Å². The van der Waals surface area contributed by atoms with Gasteiger partial charge >= 0.3 is 0 Å². The molecule has 0 N–H and O–H groups in total. The number of fused-ring (bicyclic) bond motifs is 1. The second-order valence-corrected chi connectivity index (χ2v) is 3.32. The second kappa shape index (κ2) is 2.29. The third-order valence-electron chi connectivity index (χ3n) is 2.59. The number of rotatable bonds is 0. The highest BCUT2D eigenvalue weighted by atomic mass is 16.1. The summed E-state index contributed by atoms with van der Waals surface area (Å²) in [6, 6.07) is 0. The van der Waals surface area contributed by atoms with Gasteiger partial charge in [0, 0.05) is 18.8 Å². The summed E-state index contributed by atoms with van der Waals surface area (Å²) in [7, 11) is 0. The molecule has 2 unspecified atom stereocenters. The molecule has 2 rings (SSSR count). The third-order valence-corrected chi connectivity index (χ3v) is 2.59. The van der Waals surface area contributed by atoms with Crippen molar-refractivity contribution in [3.63, 3.8) is 0 Å². The molecule has 0 heterocycles. The van der Waals surface area contributed by atoms with E-state index >= 15 is 0 Å². The first-order valence-electron chi connectivity index (χ1n) is 4.01. The maximum atomic E-state index is 11.2. The van der Waals surface area contributed by atoms with E-state index in [0.29, 0.717) is 24.5 Å². The van der Waals surface area contributed by atoms with E-state index in [1.807, 2.05) is 0 Å². The Kier molecular flexibility index (Phi) is 1.41. The molecule has 2 aliphatic carbocycles. The first-order valence-corrected chi connectivity index (χ1v) is 4.01. The average Bonchev–Trinajstić information content (AvgIpc) is 2.32. The Hall–Kier alpha value is -0.920. The summed E-state index contributed by atoms with van der Waals surface area (Å²) in [4.78, 5) is 22.1. The fourth-order valence-corrected chi connectivity index (χ4v) is 1.97. The number of carbonyl (C=O) groups excluding carboxylic acids is 2. The molecular weight excluding hydrogens is 140 g/mol. The summed E-state index contributed by atoms with van der Waals surface area (Å²) in [5, 5.41) is 0. The van der Waals surface area contributed by atoms with Crippen molar-refractivity contribution in [2.75, 3.05) is 0 Å². The number of Topliss-reactive ketones (excluding diaryl/α,β-unsaturated/α-hetero) is 1. The van der Waals surface area contributed by atoms with Crippen LogP contribution in [0.1, 0.15) is 19.3 Å². The molecule has 1 fully saturated rings. The quantitative estimate of drug-likeness (QED) is 0.518. The van der Waals surface area contributed by atoms with Crippen LogP contribution in [0.5, 0.6) is 0 Å². The molecule has 2 aliphatic rings. The van der Waals surface area contributed by atoms with E-state index in [0.717, 1.165) is 6.42 Å². The highest BCUT2D eigenvalue weighted by molar-refractivity contribution is 5.95. The van der Waals surface area contributed by atoms with Gasteiger partial charge in [-0.2, -0.15) is 0 Å². The van der Waals surface area contributed by atoms with Crippen LogP contribution in [0, 0.1) is 11.8 Å². The van der Waals surface area contributed by atoms with Crippen molar-refractivity contribution in [3.8, 4) is 0 Å². The van der Waals surface area contributed by atoms with Gasteiger partial charge in [0.1, 0.15) is 5.78 Å². The lowest BCUT2D eigenvalue weighted by molar-refractivity contribution is -0.120. The molecule has 0 saturated heterocycles. The molecule has 0 bridgehead atoms. The van der Waals surface area contributed by atoms with Crippen LogP contribution < -0.4 is 0 Å². The molecule has 2 heteroatoms. The van der Waals surface area contributed by atoms with E-state index in [4.69, 9.17) is 0 Å². The van der Waals surface area contributed by atoms with Gasteiger partial charge in [0.25, 0.3) is 0 Å². The molecule has 0 aromatic heterocycles. The van der Waals surface area contributed by atoms with Crippen molar-refractivity contribution < 1.29 is 9.59 Å². The van der Waals surface area contributed by atoms with E-state index in [-0.39, 0.29) is 11.7 Å². The number of hydrogen-bond acceptors (Lipinski definition) is 2. The Labute approximate surface area is 65.3 Å². The molecule has 2 nitrogen and oxygen atoms in total. The van der Waals surface area contributed by atoms with Crippen LogP contribution in [0.25, 0.3) is 0 Å². The maximum absolute atomic E-state index is 11.2. The van der Waals surface area contributed by atoms with Gasteiger partial charge in [-0.1, -0.05) is 6.08 Å². The highest BCUT2D eigenvalue weighted by Gasteiger charge is 2.35. The van der Waals surface area contributed by atoms with Crippen molar-refractivity contribution in [1.82, 2.24) is 0 Å². The standard InChI is InChI=1S/C9H10O2/c10-7-2-3-8-6(5-7)1-4-9(8)11/h2-3,6,8H,1,4-5H2. The Bertz CT molecular complexity index is 240. The first kappa shape index (κ1) is 6.77. The Morgan fingerprint density at radius 2 is 2.18 bits per heavy atom. The average molecular weight is 150 g/mol. The zero-order valence-electron chi connectivity index (χ0n) is 6.25. The Balaban J connectivity index is 2.25. The van der Waals surface area contributed by atoms with Gasteiger partial charge < -0.3 is 0 Å². The van der Waals surface area contributed by atoms with Crippen LogP contribution in [-0.2, 0) is 9.59 Å². The van der Waals surface area contributed by atoms with E-state index < -0.39 is 0 Å². The predicted molar refractivity (Wildman–Crippen MR) is 40.0 cm³/mol. The Morgan fingerprint density at radius 3 is 3.00 bits per heavy atom. The van der Waals surface area contributed by atoms with Crippen molar-refractivity contribution in [2.45, 2.75) is 19.3 Å². The van der Waals surface area contributed by atoms with Crippen molar-refractivity contribution in [2.24, 2.45) is 11.8 Å². The van der Waals surface area contributed by atoms with Gasteiger partial charge in [-0.25, -0.2) is 0 Å². The number of carbonyl (C=O) groups is 2. The van der Waals surface area contributed by atoms with Crippen molar-refractivity contribution in [1.29, 1.82) is 0 Å². The van der Waals surface area contributed by atoms with Crippen LogP contribution in [0.3, 0.4) is 0 Å².